The van der Waals surface area contributed by atoms with Crippen LogP contribution in [0, 0.1) is 11.3 Å². The van der Waals surface area contributed by atoms with Gasteiger partial charge in [-0.2, -0.15) is 0 Å². The maximum atomic E-state index is 12.4. The first-order valence-corrected chi connectivity index (χ1v) is 9.74. The summed E-state index contributed by atoms with van der Waals surface area (Å²) in [5, 5.41) is 3.00. The number of hydrogen-bond acceptors (Lipinski definition) is 4. The maximum absolute atomic E-state index is 12.4. The van der Waals surface area contributed by atoms with Crippen LogP contribution in [0.4, 0.5) is 0 Å². The lowest BCUT2D eigenvalue weighted by atomic mass is 9.72. The predicted octanol–water partition coefficient (Wildman–Crippen LogP) is 3.66. The molecule has 22 heavy (non-hydrogen) atoms. The number of aryl methyl sites for hydroxylation is 1. The van der Waals surface area contributed by atoms with Gasteiger partial charge in [0, 0.05) is 10.6 Å². The van der Waals surface area contributed by atoms with E-state index < -0.39 is 0 Å². The Morgan fingerprint density at radius 1 is 1.32 bits per heavy atom. The van der Waals surface area contributed by atoms with Crippen molar-refractivity contribution in [3.8, 4) is 0 Å². The monoisotopic (exact) mass is 337 g/mol. The first kappa shape index (κ1) is 16.1. The molecule has 1 amide bonds. The van der Waals surface area contributed by atoms with Crippen LogP contribution in [0.3, 0.4) is 0 Å². The summed E-state index contributed by atoms with van der Waals surface area (Å²) >= 11 is 2.93. The second-order valence-electron chi connectivity index (χ2n) is 7.35. The molecule has 0 bridgehead atoms. The zero-order chi connectivity index (χ0) is 15.9. The van der Waals surface area contributed by atoms with Crippen LogP contribution >= 0.6 is 23.1 Å². The van der Waals surface area contributed by atoms with Crippen LogP contribution in [0.15, 0.2) is 6.07 Å². The van der Waals surface area contributed by atoms with Gasteiger partial charge in [0.25, 0.3) is 5.91 Å². The summed E-state index contributed by atoms with van der Waals surface area (Å²) in [6.07, 6.45) is 4.11. The van der Waals surface area contributed by atoms with E-state index in [9.17, 15) is 9.59 Å². The molecule has 2 heterocycles. The second-order valence-corrected chi connectivity index (χ2v) is 9.58. The molecule has 2 atom stereocenters. The minimum Gasteiger partial charge on any atom is -0.341 e. The van der Waals surface area contributed by atoms with Crippen molar-refractivity contribution in [1.29, 1.82) is 0 Å². The van der Waals surface area contributed by atoms with Crippen molar-refractivity contribution in [2.75, 3.05) is 5.75 Å². The van der Waals surface area contributed by atoms with Gasteiger partial charge in [0.15, 0.2) is 0 Å². The van der Waals surface area contributed by atoms with Gasteiger partial charge in [-0.3, -0.25) is 9.59 Å². The average Bonchev–Trinajstić information content (AvgIpc) is 3.03. The molecule has 3 nitrogen and oxygen atoms in total. The van der Waals surface area contributed by atoms with Crippen molar-refractivity contribution in [3.63, 3.8) is 0 Å². The lowest BCUT2D eigenvalue weighted by Gasteiger charge is -2.33. The number of amides is 1. The standard InChI is InChI=1S/C17H23NO2S2/c1-17(2,3)11-4-5-13-10(8-11)9-14(22-13)15(19)18-12-6-7-21-16(12)20/h9,11-12H,4-8H2,1-3H3,(H,18,19)/t11-,12+/m0/s1. The molecular weight excluding hydrogens is 314 g/mol. The van der Waals surface area contributed by atoms with Crippen molar-refractivity contribution >= 4 is 34.1 Å². The molecule has 1 aliphatic heterocycles. The van der Waals surface area contributed by atoms with Crippen LogP contribution < -0.4 is 5.32 Å². The molecule has 2 aliphatic rings. The van der Waals surface area contributed by atoms with E-state index in [0.717, 1.165) is 29.9 Å². The highest BCUT2D eigenvalue weighted by molar-refractivity contribution is 8.14. The minimum atomic E-state index is -0.293. The Hall–Kier alpha value is -0.810. The van der Waals surface area contributed by atoms with E-state index in [4.69, 9.17) is 0 Å². The van der Waals surface area contributed by atoms with Crippen LogP contribution in [-0.2, 0) is 17.6 Å². The third-order valence-electron chi connectivity index (χ3n) is 4.77. The topological polar surface area (TPSA) is 46.2 Å². The van der Waals surface area contributed by atoms with Gasteiger partial charge in [0.2, 0.25) is 5.12 Å². The predicted molar refractivity (Wildman–Crippen MR) is 92.6 cm³/mol. The molecular formula is C17H23NO2S2. The Bertz CT molecular complexity index is 600. The molecule has 1 N–H and O–H groups in total. The number of nitrogens with one attached hydrogen (secondary N) is 1. The fourth-order valence-electron chi connectivity index (χ4n) is 3.23. The number of rotatable bonds is 2. The fraction of sp³-hybridized carbons (Fsp3) is 0.647. The Balaban J connectivity index is 1.71. The number of carbonyl (C=O) groups is 2. The molecule has 0 saturated carbocycles. The summed E-state index contributed by atoms with van der Waals surface area (Å²) in [6, 6.07) is 1.76. The van der Waals surface area contributed by atoms with Gasteiger partial charge in [-0.05, 0) is 48.6 Å². The zero-order valence-electron chi connectivity index (χ0n) is 13.4. The van der Waals surface area contributed by atoms with Gasteiger partial charge in [-0.25, -0.2) is 0 Å². The number of carbonyl (C=O) groups excluding carboxylic acids is 2. The number of thiophene rings is 1. The van der Waals surface area contributed by atoms with E-state index in [1.54, 1.807) is 11.3 Å². The molecule has 1 aromatic heterocycles. The van der Waals surface area contributed by atoms with Crippen molar-refractivity contribution in [2.24, 2.45) is 11.3 Å². The van der Waals surface area contributed by atoms with Gasteiger partial charge < -0.3 is 5.32 Å². The lowest BCUT2D eigenvalue weighted by molar-refractivity contribution is -0.112. The van der Waals surface area contributed by atoms with E-state index in [0.29, 0.717) is 11.3 Å². The number of thioether (sulfide) groups is 1. The van der Waals surface area contributed by atoms with Gasteiger partial charge in [0.1, 0.15) is 0 Å². The molecule has 1 fully saturated rings. The summed E-state index contributed by atoms with van der Waals surface area (Å²) < 4.78 is 0. The van der Waals surface area contributed by atoms with Crippen LogP contribution in [-0.4, -0.2) is 22.8 Å². The van der Waals surface area contributed by atoms with Crippen LogP contribution in [0.5, 0.6) is 0 Å². The molecule has 0 radical (unpaired) electrons. The van der Waals surface area contributed by atoms with E-state index >= 15 is 0 Å². The molecule has 0 spiro atoms. The summed E-state index contributed by atoms with van der Waals surface area (Å²) in [5.74, 6) is 1.42. The normalized spacial score (nSPS) is 25.1. The van der Waals surface area contributed by atoms with Gasteiger partial charge in [-0.15, -0.1) is 11.3 Å². The van der Waals surface area contributed by atoms with Crippen molar-refractivity contribution in [2.45, 2.75) is 52.5 Å². The fourth-order valence-corrected chi connectivity index (χ4v) is 5.28. The minimum absolute atomic E-state index is 0.0763. The van der Waals surface area contributed by atoms with E-state index in [2.05, 4.69) is 32.2 Å². The third-order valence-corrected chi connectivity index (χ3v) is 7.02. The van der Waals surface area contributed by atoms with Gasteiger partial charge >= 0.3 is 0 Å². The highest BCUT2D eigenvalue weighted by atomic mass is 32.2. The molecule has 1 aromatic rings. The van der Waals surface area contributed by atoms with Crippen molar-refractivity contribution in [3.05, 3.63) is 21.4 Å². The van der Waals surface area contributed by atoms with Crippen LogP contribution in [0.2, 0.25) is 0 Å². The Morgan fingerprint density at radius 2 is 2.09 bits per heavy atom. The number of hydrogen-bond donors (Lipinski definition) is 1. The largest absolute Gasteiger partial charge is 0.341 e. The molecule has 5 heteroatoms. The van der Waals surface area contributed by atoms with E-state index in [1.807, 2.05) is 0 Å². The maximum Gasteiger partial charge on any atom is 0.261 e. The summed E-state index contributed by atoms with van der Waals surface area (Å²) in [7, 11) is 0. The Kier molecular flexibility index (Phi) is 4.38. The SMILES string of the molecule is CC(C)(C)[C@H]1CCc2sc(C(=O)N[C@@H]3CCSC3=O)cc2C1. The molecule has 1 aliphatic carbocycles. The average molecular weight is 338 g/mol. The lowest BCUT2D eigenvalue weighted by Crippen LogP contribution is -2.36. The van der Waals surface area contributed by atoms with E-state index in [1.165, 1.54) is 28.6 Å². The smallest absolute Gasteiger partial charge is 0.261 e. The van der Waals surface area contributed by atoms with Crippen molar-refractivity contribution in [1.82, 2.24) is 5.32 Å². The Labute approximate surface area is 140 Å². The molecule has 3 rings (SSSR count). The van der Waals surface area contributed by atoms with Crippen LogP contribution in [0.25, 0.3) is 0 Å². The summed E-state index contributed by atoms with van der Waals surface area (Å²) in [4.78, 5) is 26.1. The highest BCUT2D eigenvalue weighted by Gasteiger charge is 2.31. The first-order valence-electron chi connectivity index (χ1n) is 7.93. The summed E-state index contributed by atoms with van der Waals surface area (Å²) in [6.45, 7) is 6.89. The Morgan fingerprint density at radius 3 is 2.73 bits per heavy atom. The third kappa shape index (κ3) is 3.25. The quantitative estimate of drug-likeness (QED) is 0.896. The van der Waals surface area contributed by atoms with Gasteiger partial charge in [0.05, 0.1) is 10.9 Å². The molecule has 1 saturated heterocycles. The number of fused-ring (bicyclic) bond motifs is 1. The van der Waals surface area contributed by atoms with Crippen molar-refractivity contribution < 1.29 is 9.59 Å². The van der Waals surface area contributed by atoms with Crippen LogP contribution in [0.1, 0.15) is 53.7 Å². The summed E-state index contributed by atoms with van der Waals surface area (Å²) in [5.41, 5.74) is 1.66. The van der Waals surface area contributed by atoms with Gasteiger partial charge in [-0.1, -0.05) is 32.5 Å². The molecule has 0 aromatic carbocycles. The molecule has 120 valence electrons. The highest BCUT2D eigenvalue weighted by Crippen LogP contribution is 2.40. The van der Waals surface area contributed by atoms with E-state index in [-0.39, 0.29) is 17.1 Å². The second kappa shape index (κ2) is 6.00. The first-order chi connectivity index (χ1) is 10.3. The zero-order valence-corrected chi connectivity index (χ0v) is 15.0. The molecule has 0 unspecified atom stereocenters.